The fourth-order valence-electron chi connectivity index (χ4n) is 3.75. The van der Waals surface area contributed by atoms with Gasteiger partial charge in [-0.15, -0.1) is 0 Å². The van der Waals surface area contributed by atoms with Gasteiger partial charge in [0.05, 0.1) is 0 Å². The molecule has 0 aliphatic rings. The minimum atomic E-state index is -4.50. The van der Waals surface area contributed by atoms with Crippen molar-refractivity contribution in [1.29, 1.82) is 0 Å². The molecule has 144 valence electrons. The summed E-state index contributed by atoms with van der Waals surface area (Å²) in [6, 6.07) is 18.9. The molecule has 0 aliphatic heterocycles. The standard InChI is InChI=1S/C22H33O3P/c1-19(2)13-7-3-4-12-18-22(26(23,24)25,20-14-8-5-9-15-20)21-16-10-6-11-17-21/h5-6,8-11,14-17,19,23-26H,3-4,7,12-13,18H2,1-2H3. The summed E-state index contributed by atoms with van der Waals surface area (Å²) in [5.74, 6) is 0.718. The van der Waals surface area contributed by atoms with Crippen LogP contribution >= 0.6 is 7.94 Å². The molecule has 0 fully saturated rings. The summed E-state index contributed by atoms with van der Waals surface area (Å²) >= 11 is 0. The first-order valence-electron chi connectivity index (χ1n) is 9.66. The second kappa shape index (κ2) is 9.62. The van der Waals surface area contributed by atoms with Gasteiger partial charge in [-0.05, 0) is 0 Å². The van der Waals surface area contributed by atoms with E-state index in [-0.39, 0.29) is 0 Å². The van der Waals surface area contributed by atoms with Crippen LogP contribution in [0.2, 0.25) is 0 Å². The van der Waals surface area contributed by atoms with Gasteiger partial charge in [-0.25, -0.2) is 0 Å². The molecule has 2 aromatic carbocycles. The van der Waals surface area contributed by atoms with E-state index in [1.165, 1.54) is 12.8 Å². The fourth-order valence-corrected chi connectivity index (χ4v) is 5.37. The van der Waals surface area contributed by atoms with Crippen LogP contribution in [0.25, 0.3) is 0 Å². The van der Waals surface area contributed by atoms with E-state index >= 15 is 0 Å². The molecule has 0 unspecified atom stereocenters. The Bertz CT molecular complexity index is 596. The molecule has 0 bridgehead atoms. The Morgan fingerprint density at radius 1 is 0.731 bits per heavy atom. The summed E-state index contributed by atoms with van der Waals surface area (Å²) in [4.78, 5) is 31.7. The third kappa shape index (κ3) is 5.14. The average molecular weight is 376 g/mol. The van der Waals surface area contributed by atoms with Crippen LogP contribution in [0.15, 0.2) is 60.7 Å². The number of hydrogen-bond acceptors (Lipinski definition) is 3. The van der Waals surface area contributed by atoms with E-state index in [9.17, 15) is 14.7 Å². The third-order valence-electron chi connectivity index (χ3n) is 5.19. The molecule has 3 nitrogen and oxygen atoms in total. The van der Waals surface area contributed by atoms with Crippen molar-refractivity contribution in [2.75, 3.05) is 0 Å². The maximum atomic E-state index is 10.6. The molecule has 26 heavy (non-hydrogen) atoms. The van der Waals surface area contributed by atoms with Crippen LogP contribution in [-0.4, -0.2) is 14.7 Å². The summed E-state index contributed by atoms with van der Waals surface area (Å²) in [7, 11) is -4.50. The van der Waals surface area contributed by atoms with E-state index in [1.54, 1.807) is 0 Å². The van der Waals surface area contributed by atoms with Crippen molar-refractivity contribution in [3.8, 4) is 0 Å². The zero-order valence-electron chi connectivity index (χ0n) is 15.9. The Morgan fingerprint density at radius 3 is 1.62 bits per heavy atom. The molecule has 0 aromatic heterocycles. The molecule has 0 aliphatic carbocycles. The average Bonchev–Trinajstić information content (AvgIpc) is 2.61. The van der Waals surface area contributed by atoms with E-state index < -0.39 is 13.1 Å². The van der Waals surface area contributed by atoms with Crippen molar-refractivity contribution >= 4 is 7.94 Å². The van der Waals surface area contributed by atoms with Crippen molar-refractivity contribution in [3.05, 3.63) is 71.8 Å². The van der Waals surface area contributed by atoms with Gasteiger partial charge in [-0.3, -0.25) is 0 Å². The summed E-state index contributed by atoms with van der Waals surface area (Å²) in [5.41, 5.74) is 1.54. The number of hydrogen-bond donors (Lipinski definition) is 3. The Kier molecular flexibility index (Phi) is 7.79. The van der Waals surface area contributed by atoms with Crippen molar-refractivity contribution in [2.24, 2.45) is 5.92 Å². The number of rotatable bonds is 10. The predicted molar refractivity (Wildman–Crippen MR) is 111 cm³/mol. The predicted octanol–water partition coefficient (Wildman–Crippen LogP) is 5.40. The minimum absolute atomic E-state index is 0.526. The zero-order valence-corrected chi connectivity index (χ0v) is 16.9. The number of benzene rings is 2. The Labute approximate surface area is 158 Å². The monoisotopic (exact) mass is 376 g/mol. The van der Waals surface area contributed by atoms with Gasteiger partial charge in [0.25, 0.3) is 0 Å². The first-order valence-corrected chi connectivity index (χ1v) is 11.5. The Hall–Kier alpha value is -1.25. The molecule has 2 rings (SSSR count). The van der Waals surface area contributed by atoms with Gasteiger partial charge in [-0.1, -0.05) is 0 Å². The Morgan fingerprint density at radius 2 is 1.19 bits per heavy atom. The SMILES string of the molecule is CC(C)CCCCCCC(c1ccccc1)(c1ccccc1)[PH](O)(O)O. The molecule has 0 heterocycles. The van der Waals surface area contributed by atoms with Gasteiger partial charge in [0.15, 0.2) is 0 Å². The van der Waals surface area contributed by atoms with Crippen LogP contribution in [0.3, 0.4) is 0 Å². The topological polar surface area (TPSA) is 60.7 Å². The van der Waals surface area contributed by atoms with Gasteiger partial charge < -0.3 is 0 Å². The molecule has 0 atom stereocenters. The number of unbranched alkanes of at least 4 members (excludes halogenated alkanes) is 3. The van der Waals surface area contributed by atoms with Gasteiger partial charge in [0, 0.05) is 0 Å². The normalized spacial score (nSPS) is 13.2. The maximum absolute atomic E-state index is 10.6. The van der Waals surface area contributed by atoms with Crippen LogP contribution in [0.4, 0.5) is 0 Å². The second-order valence-corrected chi connectivity index (χ2v) is 9.74. The van der Waals surface area contributed by atoms with Gasteiger partial charge >= 0.3 is 158 Å². The molecule has 0 saturated heterocycles. The molecule has 3 N–H and O–H groups in total. The first-order chi connectivity index (χ1) is 12.4. The van der Waals surface area contributed by atoms with Crippen LogP contribution < -0.4 is 0 Å². The molecule has 0 saturated carbocycles. The van der Waals surface area contributed by atoms with E-state index in [2.05, 4.69) is 13.8 Å². The molecule has 0 radical (unpaired) electrons. The van der Waals surface area contributed by atoms with Crippen molar-refractivity contribution in [2.45, 2.75) is 57.5 Å². The van der Waals surface area contributed by atoms with Gasteiger partial charge in [0.2, 0.25) is 0 Å². The zero-order chi connectivity index (χ0) is 19.0. The van der Waals surface area contributed by atoms with Crippen molar-refractivity contribution in [3.63, 3.8) is 0 Å². The Balaban J connectivity index is 2.26. The van der Waals surface area contributed by atoms with Crippen molar-refractivity contribution in [1.82, 2.24) is 0 Å². The van der Waals surface area contributed by atoms with E-state index in [1.807, 2.05) is 60.7 Å². The molecular weight excluding hydrogens is 343 g/mol. The molecule has 4 heteroatoms. The quantitative estimate of drug-likeness (QED) is 0.384. The van der Waals surface area contributed by atoms with Crippen LogP contribution in [0.5, 0.6) is 0 Å². The second-order valence-electron chi connectivity index (χ2n) is 7.62. The van der Waals surface area contributed by atoms with E-state index in [4.69, 9.17) is 0 Å². The molecule has 0 spiro atoms. The summed E-state index contributed by atoms with van der Waals surface area (Å²) in [6.45, 7) is 4.47. The summed E-state index contributed by atoms with van der Waals surface area (Å²) in [6.07, 6.45) is 5.95. The van der Waals surface area contributed by atoms with Crippen molar-refractivity contribution < 1.29 is 14.7 Å². The van der Waals surface area contributed by atoms with E-state index in [0.717, 1.165) is 36.3 Å². The van der Waals surface area contributed by atoms with Gasteiger partial charge in [0.1, 0.15) is 0 Å². The third-order valence-corrected chi connectivity index (χ3v) is 7.16. The van der Waals surface area contributed by atoms with E-state index in [0.29, 0.717) is 6.42 Å². The molecule has 0 amide bonds. The van der Waals surface area contributed by atoms with Gasteiger partial charge in [-0.2, -0.15) is 0 Å². The molecule has 2 aromatic rings. The molecular formula is C22H33O3P. The summed E-state index contributed by atoms with van der Waals surface area (Å²) in [5, 5.41) is -1.13. The van der Waals surface area contributed by atoms with Crippen LogP contribution in [0, 0.1) is 5.92 Å². The van der Waals surface area contributed by atoms with Crippen LogP contribution in [-0.2, 0) is 5.16 Å². The van der Waals surface area contributed by atoms with Crippen LogP contribution in [0.1, 0.15) is 63.5 Å². The first kappa shape index (κ1) is 21.1. The summed E-state index contributed by atoms with van der Waals surface area (Å²) < 4.78 is 0. The fraction of sp³-hybridized carbons (Fsp3) is 0.455.